The molecule has 262 valence electrons. The van der Waals surface area contributed by atoms with Gasteiger partial charge >= 0.3 is 0 Å². The number of methoxy groups -OCH3 is 2. The second kappa shape index (κ2) is 25.5. The SMILES string of the molecule is COC(C)(C)CCC/C(C)=C/CCC(C)CCCC(C)C/C=C\CC(C)CCCC(C)CCCC(C)CCCC(C)(C)OC. The Labute approximate surface area is 279 Å². The van der Waals surface area contributed by atoms with Crippen molar-refractivity contribution in [3.8, 4) is 0 Å². The van der Waals surface area contributed by atoms with Crippen LogP contribution in [0.2, 0.25) is 0 Å². The Bertz CT molecular complexity index is 717. The van der Waals surface area contributed by atoms with Gasteiger partial charge in [-0.1, -0.05) is 129 Å². The number of rotatable bonds is 29. The third-order valence-corrected chi connectivity index (χ3v) is 10.5. The van der Waals surface area contributed by atoms with Crippen LogP contribution in [-0.4, -0.2) is 25.4 Å². The van der Waals surface area contributed by atoms with Gasteiger partial charge in [0.15, 0.2) is 0 Å². The van der Waals surface area contributed by atoms with Gasteiger partial charge in [0.25, 0.3) is 0 Å². The molecule has 0 aromatic rings. The molecule has 0 saturated carbocycles. The molecule has 0 rings (SSSR count). The lowest BCUT2D eigenvalue weighted by Crippen LogP contribution is -2.22. The minimum absolute atomic E-state index is 0.0145. The smallest absolute Gasteiger partial charge is 0.0622 e. The van der Waals surface area contributed by atoms with Crippen molar-refractivity contribution in [1.29, 1.82) is 0 Å². The Kier molecular flexibility index (Phi) is 25.1. The van der Waals surface area contributed by atoms with Crippen LogP contribution < -0.4 is 0 Å². The minimum Gasteiger partial charge on any atom is -0.379 e. The maximum Gasteiger partial charge on any atom is 0.0622 e. The molecule has 0 aliphatic carbocycles. The Morgan fingerprint density at radius 2 is 0.886 bits per heavy atom. The van der Waals surface area contributed by atoms with E-state index in [1.165, 1.54) is 116 Å². The molecule has 0 aromatic heterocycles. The highest BCUT2D eigenvalue weighted by Crippen LogP contribution is 2.25. The van der Waals surface area contributed by atoms with E-state index in [9.17, 15) is 0 Å². The zero-order valence-corrected chi connectivity index (χ0v) is 32.4. The topological polar surface area (TPSA) is 18.5 Å². The molecule has 5 atom stereocenters. The third-order valence-electron chi connectivity index (χ3n) is 10.5. The Morgan fingerprint density at radius 1 is 0.523 bits per heavy atom. The molecule has 5 unspecified atom stereocenters. The molecule has 0 aromatic carbocycles. The van der Waals surface area contributed by atoms with Crippen LogP contribution >= 0.6 is 0 Å². The van der Waals surface area contributed by atoms with Crippen LogP contribution in [-0.2, 0) is 9.47 Å². The largest absolute Gasteiger partial charge is 0.379 e. The summed E-state index contributed by atoms with van der Waals surface area (Å²) in [7, 11) is 3.66. The van der Waals surface area contributed by atoms with Crippen LogP contribution in [0.3, 0.4) is 0 Å². The molecule has 0 bridgehead atoms. The number of allylic oxidation sites excluding steroid dienone is 4. The van der Waals surface area contributed by atoms with Gasteiger partial charge in [-0.05, 0) is 116 Å². The maximum atomic E-state index is 5.56. The fourth-order valence-corrected chi connectivity index (χ4v) is 6.36. The van der Waals surface area contributed by atoms with Crippen LogP contribution in [0.15, 0.2) is 23.8 Å². The first-order valence-electron chi connectivity index (χ1n) is 19.1. The first-order valence-corrected chi connectivity index (χ1v) is 19.1. The molecular weight excluding hydrogens is 536 g/mol. The molecule has 0 saturated heterocycles. The van der Waals surface area contributed by atoms with Crippen molar-refractivity contribution >= 4 is 0 Å². The molecule has 0 N–H and O–H groups in total. The van der Waals surface area contributed by atoms with Gasteiger partial charge < -0.3 is 9.47 Å². The van der Waals surface area contributed by atoms with E-state index in [1.807, 2.05) is 14.2 Å². The lowest BCUT2D eigenvalue weighted by molar-refractivity contribution is 0.0126. The van der Waals surface area contributed by atoms with E-state index in [0.29, 0.717) is 0 Å². The summed E-state index contributed by atoms with van der Waals surface area (Å²) in [5.74, 6) is 4.20. The highest BCUT2D eigenvalue weighted by atomic mass is 16.5. The minimum atomic E-state index is 0.0145. The van der Waals surface area contributed by atoms with E-state index >= 15 is 0 Å². The first kappa shape index (κ1) is 43.4. The average Bonchev–Trinajstić information content (AvgIpc) is 2.95. The summed E-state index contributed by atoms with van der Waals surface area (Å²) >= 11 is 0. The number of hydrogen-bond donors (Lipinski definition) is 0. The van der Waals surface area contributed by atoms with Gasteiger partial charge in [0, 0.05) is 14.2 Å². The van der Waals surface area contributed by atoms with Crippen molar-refractivity contribution in [2.24, 2.45) is 29.6 Å². The summed E-state index contributed by atoms with van der Waals surface area (Å²) in [6, 6.07) is 0. The molecule has 2 nitrogen and oxygen atoms in total. The fourth-order valence-electron chi connectivity index (χ4n) is 6.36. The molecular formula is C42H82O2. The van der Waals surface area contributed by atoms with Gasteiger partial charge in [0.2, 0.25) is 0 Å². The number of ether oxygens (including phenoxy) is 2. The van der Waals surface area contributed by atoms with E-state index in [4.69, 9.17) is 9.47 Å². The highest BCUT2D eigenvalue weighted by molar-refractivity contribution is 4.98. The molecule has 0 spiro atoms. The van der Waals surface area contributed by atoms with E-state index < -0.39 is 0 Å². The van der Waals surface area contributed by atoms with E-state index in [-0.39, 0.29) is 11.2 Å². The fraction of sp³-hybridized carbons (Fsp3) is 0.905. The number of hydrogen-bond acceptors (Lipinski definition) is 2. The Hall–Kier alpha value is -0.600. The molecule has 0 radical (unpaired) electrons. The lowest BCUT2D eigenvalue weighted by atomic mass is 9.90. The predicted octanol–water partition coefficient (Wildman–Crippen LogP) is 13.9. The van der Waals surface area contributed by atoms with Gasteiger partial charge in [-0.15, -0.1) is 0 Å². The molecule has 2 heteroatoms. The van der Waals surface area contributed by atoms with E-state index in [1.54, 1.807) is 5.57 Å². The predicted molar refractivity (Wildman–Crippen MR) is 199 cm³/mol. The lowest BCUT2D eigenvalue weighted by Gasteiger charge is -2.23. The summed E-state index contributed by atoms with van der Waals surface area (Å²) in [6.07, 6.45) is 32.4. The second-order valence-corrected chi connectivity index (χ2v) is 16.6. The zero-order chi connectivity index (χ0) is 33.4. The second-order valence-electron chi connectivity index (χ2n) is 16.6. The van der Waals surface area contributed by atoms with Gasteiger partial charge in [0.1, 0.15) is 0 Å². The van der Waals surface area contributed by atoms with Crippen LogP contribution in [0.1, 0.15) is 191 Å². The van der Waals surface area contributed by atoms with Crippen LogP contribution in [0.4, 0.5) is 0 Å². The monoisotopic (exact) mass is 619 g/mol. The van der Waals surface area contributed by atoms with Crippen molar-refractivity contribution in [3.63, 3.8) is 0 Å². The summed E-state index contributed by atoms with van der Waals surface area (Å²) in [5, 5.41) is 0. The van der Waals surface area contributed by atoms with Gasteiger partial charge in [0.05, 0.1) is 11.2 Å². The summed E-state index contributed by atoms with van der Waals surface area (Å²) in [5.41, 5.74) is 1.61. The van der Waals surface area contributed by atoms with Gasteiger partial charge in [-0.2, -0.15) is 0 Å². The van der Waals surface area contributed by atoms with Crippen molar-refractivity contribution in [1.82, 2.24) is 0 Å². The standard InChI is InChI=1S/C42H82O2/c1-35(23-15-25-37(3)27-17-29-39(5)31-19-33-41(7,8)43-11)21-13-14-22-36(2)24-16-26-38(4)28-18-30-40(6)32-20-34-42(9,10)44-12/h13-14,29,35-38,40H,15-28,30-34H2,1-12H3/b14-13-,39-29+. The molecule has 0 heterocycles. The normalized spacial score (nSPS) is 16.8. The first-order chi connectivity index (χ1) is 20.7. The summed E-state index contributed by atoms with van der Waals surface area (Å²) < 4.78 is 11.1. The van der Waals surface area contributed by atoms with Gasteiger partial charge in [-0.3, -0.25) is 0 Å². The van der Waals surface area contributed by atoms with Gasteiger partial charge in [-0.25, -0.2) is 0 Å². The average molecular weight is 619 g/mol. The zero-order valence-electron chi connectivity index (χ0n) is 32.4. The van der Waals surface area contributed by atoms with Crippen LogP contribution in [0.5, 0.6) is 0 Å². The molecule has 44 heavy (non-hydrogen) atoms. The van der Waals surface area contributed by atoms with Crippen molar-refractivity contribution in [2.75, 3.05) is 14.2 Å². The Balaban J connectivity index is 3.84. The quantitative estimate of drug-likeness (QED) is 0.0776. The van der Waals surface area contributed by atoms with Crippen LogP contribution in [0, 0.1) is 29.6 Å². The van der Waals surface area contributed by atoms with Crippen molar-refractivity contribution in [2.45, 2.75) is 202 Å². The summed E-state index contributed by atoms with van der Waals surface area (Å²) in [6.45, 7) is 23.3. The highest BCUT2D eigenvalue weighted by Gasteiger charge is 2.17. The molecule has 0 amide bonds. The third kappa shape index (κ3) is 26.6. The molecule has 0 aliphatic rings. The molecule has 0 aliphatic heterocycles. The van der Waals surface area contributed by atoms with Crippen LogP contribution in [0.25, 0.3) is 0 Å². The maximum absolute atomic E-state index is 5.56. The Morgan fingerprint density at radius 3 is 1.32 bits per heavy atom. The molecule has 0 fully saturated rings. The van der Waals surface area contributed by atoms with E-state index in [2.05, 4.69) is 87.5 Å². The van der Waals surface area contributed by atoms with Crippen molar-refractivity contribution in [3.05, 3.63) is 23.8 Å². The van der Waals surface area contributed by atoms with E-state index in [0.717, 1.165) is 36.0 Å². The van der Waals surface area contributed by atoms with Crippen molar-refractivity contribution < 1.29 is 9.47 Å². The summed E-state index contributed by atoms with van der Waals surface area (Å²) in [4.78, 5) is 0.